The lowest BCUT2D eigenvalue weighted by Crippen LogP contribution is -2.35. The van der Waals surface area contributed by atoms with Gasteiger partial charge in [0.15, 0.2) is 11.6 Å². The second kappa shape index (κ2) is 22.8. The quantitative estimate of drug-likeness (QED) is 0.0788. The van der Waals surface area contributed by atoms with Crippen LogP contribution in [0.5, 0.6) is 11.5 Å². The van der Waals surface area contributed by atoms with Crippen LogP contribution < -0.4 is 20.5 Å². The van der Waals surface area contributed by atoms with Gasteiger partial charge in [-0.2, -0.15) is 0 Å². The van der Waals surface area contributed by atoms with Gasteiger partial charge >= 0.3 is 0 Å². The van der Waals surface area contributed by atoms with E-state index in [0.29, 0.717) is 53.0 Å². The Kier molecular flexibility index (Phi) is 18.9. The fourth-order valence-corrected chi connectivity index (χ4v) is 6.39. The number of unbranched alkanes of at least 4 members (excludes halogenated alkanes) is 10. The third-order valence-electron chi connectivity index (χ3n) is 9.40. The molecule has 0 saturated heterocycles. The summed E-state index contributed by atoms with van der Waals surface area (Å²) in [6.45, 7) is 13.8. The van der Waals surface area contributed by atoms with Crippen molar-refractivity contribution in [3.8, 4) is 11.5 Å². The van der Waals surface area contributed by atoms with Crippen molar-refractivity contribution >= 4 is 11.6 Å². The number of carbonyl (C=O) groups excluding carboxylic acids is 2. The smallest absolute Gasteiger partial charge is 0.198 e. The molecular weight excluding hydrogens is 598 g/mol. The summed E-state index contributed by atoms with van der Waals surface area (Å²) in [6.07, 6.45) is 17.5. The van der Waals surface area contributed by atoms with Crippen molar-refractivity contribution in [1.82, 2.24) is 10.2 Å². The van der Waals surface area contributed by atoms with Gasteiger partial charge in [-0.25, -0.2) is 0 Å². The first-order valence-electron chi connectivity index (χ1n) is 19.2. The Bertz CT molecular complexity index is 1230. The Morgan fingerprint density at radius 3 is 1.67 bits per heavy atom. The molecule has 0 aliphatic heterocycles. The number of nitrogens with zero attached hydrogens (tertiary/aromatic N) is 1. The summed E-state index contributed by atoms with van der Waals surface area (Å²) >= 11 is 0. The molecule has 0 spiro atoms. The lowest BCUT2D eigenvalue weighted by Gasteiger charge is -2.25. The first kappa shape index (κ1) is 39.7. The highest BCUT2D eigenvalue weighted by molar-refractivity contribution is 6.30. The van der Waals surface area contributed by atoms with Crippen molar-refractivity contribution in [2.24, 2.45) is 5.73 Å². The molecule has 0 saturated carbocycles. The summed E-state index contributed by atoms with van der Waals surface area (Å²) in [5.41, 5.74) is 7.62. The number of nitrogens with one attached hydrogen (secondary N) is 1. The van der Waals surface area contributed by atoms with Crippen LogP contribution in [-0.2, 0) is 0 Å². The van der Waals surface area contributed by atoms with Crippen LogP contribution in [0.4, 0.5) is 0 Å². The molecule has 2 unspecified atom stereocenters. The predicted molar refractivity (Wildman–Crippen MR) is 199 cm³/mol. The van der Waals surface area contributed by atoms with Crippen molar-refractivity contribution in [3.05, 3.63) is 58.7 Å². The van der Waals surface area contributed by atoms with Crippen molar-refractivity contribution in [2.45, 2.75) is 136 Å². The minimum atomic E-state index is -0.174. The van der Waals surface area contributed by atoms with Gasteiger partial charge in [0.1, 0.15) is 11.5 Å². The monoisotopic (exact) mass is 663 g/mol. The molecule has 3 rings (SSSR count). The third-order valence-corrected chi connectivity index (χ3v) is 9.40. The number of ketones is 2. The average Bonchev–Trinajstić information content (AvgIpc) is 3.09. The number of benzene rings is 2. The van der Waals surface area contributed by atoms with Crippen molar-refractivity contribution < 1.29 is 19.1 Å². The number of ether oxygens (including phenoxy) is 2. The summed E-state index contributed by atoms with van der Waals surface area (Å²) in [5.74, 6) is 0.603. The molecule has 2 aromatic rings. The highest BCUT2D eigenvalue weighted by Crippen LogP contribution is 2.39. The molecule has 0 heterocycles. The van der Waals surface area contributed by atoms with E-state index in [2.05, 4.69) is 37.9 Å². The fourth-order valence-electron chi connectivity index (χ4n) is 6.39. The summed E-state index contributed by atoms with van der Waals surface area (Å²) in [7, 11) is 0. The Balaban J connectivity index is 1.56. The molecule has 3 N–H and O–H groups in total. The standard InChI is InChI=1S/C41H65N3O4/c1-5-7-8-9-10-11-12-13-14-18-30-47-36-22-23-37(39-38(36)40(45)34-20-15-16-21-35(34)41(39)46)48-31-19-17-27-44(28-24-32(3)42)29-25-33(4)43-26-6-2/h15-16,20-23,32-33,43H,5-14,17-19,24-31,42H2,1-4H3. The third kappa shape index (κ3) is 13.3. The zero-order valence-corrected chi connectivity index (χ0v) is 30.6. The van der Waals surface area contributed by atoms with E-state index in [0.717, 1.165) is 71.1 Å². The molecule has 268 valence electrons. The maximum Gasteiger partial charge on any atom is 0.198 e. The first-order chi connectivity index (χ1) is 23.4. The van der Waals surface area contributed by atoms with E-state index in [9.17, 15) is 9.59 Å². The normalized spacial score (nSPS) is 13.8. The van der Waals surface area contributed by atoms with Crippen molar-refractivity contribution in [3.63, 3.8) is 0 Å². The molecule has 2 aromatic carbocycles. The molecule has 0 amide bonds. The lowest BCUT2D eigenvalue weighted by atomic mass is 9.83. The number of nitrogens with two attached hydrogens (primary N) is 1. The number of carbonyl (C=O) groups is 2. The van der Waals surface area contributed by atoms with Crippen LogP contribution in [0.15, 0.2) is 36.4 Å². The van der Waals surface area contributed by atoms with Crippen LogP contribution in [0, 0.1) is 0 Å². The Labute approximate surface area is 291 Å². The van der Waals surface area contributed by atoms with Crippen LogP contribution in [0.2, 0.25) is 0 Å². The van der Waals surface area contributed by atoms with E-state index in [4.69, 9.17) is 15.2 Å². The maximum absolute atomic E-state index is 13.8. The minimum absolute atomic E-state index is 0.170. The van der Waals surface area contributed by atoms with E-state index in [-0.39, 0.29) is 17.6 Å². The molecule has 0 aromatic heterocycles. The number of hydrogen-bond acceptors (Lipinski definition) is 7. The summed E-state index contributed by atoms with van der Waals surface area (Å²) in [6, 6.07) is 11.4. The van der Waals surface area contributed by atoms with Gasteiger partial charge < -0.3 is 25.4 Å². The predicted octanol–water partition coefficient (Wildman–Crippen LogP) is 8.74. The Morgan fingerprint density at radius 2 is 1.15 bits per heavy atom. The van der Waals surface area contributed by atoms with Crippen LogP contribution in [-0.4, -0.2) is 67.9 Å². The second-order valence-corrected chi connectivity index (χ2v) is 13.9. The van der Waals surface area contributed by atoms with Gasteiger partial charge in [-0.1, -0.05) is 95.9 Å². The summed E-state index contributed by atoms with van der Waals surface area (Å²) in [4.78, 5) is 30.0. The molecule has 1 aliphatic rings. The summed E-state index contributed by atoms with van der Waals surface area (Å²) in [5, 5.41) is 3.59. The zero-order chi connectivity index (χ0) is 34.6. The fraction of sp³-hybridized carbons (Fsp3) is 0.659. The zero-order valence-electron chi connectivity index (χ0n) is 30.6. The highest BCUT2D eigenvalue weighted by atomic mass is 16.5. The van der Waals surface area contributed by atoms with Gasteiger partial charge in [0.2, 0.25) is 0 Å². The first-order valence-corrected chi connectivity index (χ1v) is 19.2. The van der Waals surface area contributed by atoms with E-state index < -0.39 is 0 Å². The van der Waals surface area contributed by atoms with Gasteiger partial charge in [-0.05, 0) is 90.7 Å². The van der Waals surface area contributed by atoms with E-state index in [1.165, 1.54) is 51.4 Å². The molecule has 7 heteroatoms. The van der Waals surface area contributed by atoms with Gasteiger partial charge in [0.05, 0.1) is 24.3 Å². The van der Waals surface area contributed by atoms with Crippen LogP contribution >= 0.6 is 0 Å². The van der Waals surface area contributed by atoms with E-state index in [1.807, 2.05) is 12.1 Å². The number of rotatable bonds is 27. The van der Waals surface area contributed by atoms with Gasteiger partial charge in [0, 0.05) is 23.2 Å². The Hall–Kier alpha value is -2.74. The SMILES string of the molecule is CCCCCCCCCCCCOc1ccc(OCCCCN(CCC(C)N)CCC(C)NCCC)c2c1C(=O)c1ccccc1C2=O. The van der Waals surface area contributed by atoms with E-state index >= 15 is 0 Å². The summed E-state index contributed by atoms with van der Waals surface area (Å²) < 4.78 is 12.4. The highest BCUT2D eigenvalue weighted by Gasteiger charge is 2.35. The molecule has 48 heavy (non-hydrogen) atoms. The Morgan fingerprint density at radius 1 is 0.646 bits per heavy atom. The molecule has 0 fully saturated rings. The minimum Gasteiger partial charge on any atom is -0.493 e. The van der Waals surface area contributed by atoms with Crippen molar-refractivity contribution in [1.29, 1.82) is 0 Å². The second-order valence-electron chi connectivity index (χ2n) is 13.9. The van der Waals surface area contributed by atoms with Gasteiger partial charge in [0.25, 0.3) is 0 Å². The largest absolute Gasteiger partial charge is 0.493 e. The molecule has 1 aliphatic carbocycles. The van der Waals surface area contributed by atoms with Crippen LogP contribution in [0.3, 0.4) is 0 Å². The van der Waals surface area contributed by atoms with E-state index in [1.54, 1.807) is 24.3 Å². The molecular formula is C41H65N3O4. The molecule has 7 nitrogen and oxygen atoms in total. The molecule has 0 radical (unpaired) electrons. The van der Waals surface area contributed by atoms with Gasteiger partial charge in [-0.3, -0.25) is 9.59 Å². The number of hydrogen-bond donors (Lipinski definition) is 2. The average molecular weight is 664 g/mol. The lowest BCUT2D eigenvalue weighted by molar-refractivity contribution is 0.0971. The maximum atomic E-state index is 13.8. The molecule has 2 atom stereocenters. The van der Waals surface area contributed by atoms with Crippen LogP contribution in [0.25, 0.3) is 0 Å². The number of fused-ring (bicyclic) bond motifs is 2. The van der Waals surface area contributed by atoms with Crippen LogP contribution in [0.1, 0.15) is 156 Å². The topological polar surface area (TPSA) is 93.9 Å². The van der Waals surface area contributed by atoms with Crippen molar-refractivity contribution in [2.75, 3.05) is 39.4 Å². The van der Waals surface area contributed by atoms with Gasteiger partial charge in [-0.15, -0.1) is 0 Å². The molecule has 0 bridgehead atoms.